The Morgan fingerprint density at radius 1 is 1.19 bits per heavy atom. The summed E-state index contributed by atoms with van der Waals surface area (Å²) in [5.41, 5.74) is 12.9. The van der Waals surface area contributed by atoms with Gasteiger partial charge in [0, 0.05) is 28.7 Å². The van der Waals surface area contributed by atoms with Crippen molar-refractivity contribution in [2.45, 2.75) is 64.1 Å². The number of rotatable bonds is 4. The van der Waals surface area contributed by atoms with Crippen LogP contribution in [0.5, 0.6) is 0 Å². The largest absolute Gasteiger partial charge is 0.389 e. The first-order valence-electron chi connectivity index (χ1n) is 10.1. The average Bonchev–Trinajstić information content (AvgIpc) is 2.81. The van der Waals surface area contributed by atoms with Crippen LogP contribution < -0.4 is 5.73 Å². The van der Waals surface area contributed by atoms with Crippen molar-refractivity contribution >= 4 is 10.9 Å². The summed E-state index contributed by atoms with van der Waals surface area (Å²) in [6.07, 6.45) is 4.74. The van der Waals surface area contributed by atoms with Crippen molar-refractivity contribution in [1.29, 1.82) is 0 Å². The van der Waals surface area contributed by atoms with Gasteiger partial charge >= 0.3 is 0 Å². The topological polar surface area (TPSA) is 51.2 Å². The maximum Gasteiger partial charge on any atom is 0.0762 e. The molecule has 0 saturated heterocycles. The highest BCUT2D eigenvalue weighted by Crippen LogP contribution is 2.35. The minimum absolute atomic E-state index is 0.162. The van der Waals surface area contributed by atoms with Crippen LogP contribution >= 0.6 is 0 Å². The van der Waals surface area contributed by atoms with Gasteiger partial charge in [0.05, 0.1) is 6.10 Å². The lowest BCUT2D eigenvalue weighted by atomic mass is 9.91. The quantitative estimate of drug-likeness (QED) is 0.670. The summed E-state index contributed by atoms with van der Waals surface area (Å²) in [6, 6.07) is 17.1. The molecule has 1 aliphatic carbocycles. The molecule has 1 aliphatic rings. The predicted octanol–water partition coefficient (Wildman–Crippen LogP) is 4.53. The number of fused-ring (bicyclic) bond motifs is 3. The molecule has 0 bridgehead atoms. The van der Waals surface area contributed by atoms with Crippen molar-refractivity contribution in [3.63, 3.8) is 0 Å². The Bertz CT molecular complexity index is 938. The minimum Gasteiger partial charge on any atom is -0.389 e. The third kappa shape index (κ3) is 3.67. The first-order valence-corrected chi connectivity index (χ1v) is 10.1. The molecule has 142 valence electrons. The fourth-order valence-electron chi connectivity index (χ4n) is 4.53. The molecule has 0 saturated carbocycles. The number of benzene rings is 2. The normalized spacial score (nSPS) is 21.0. The molecule has 0 radical (unpaired) electrons. The number of hydrogen-bond acceptors (Lipinski definition) is 2. The number of hydrogen-bond donors (Lipinski definition) is 2. The van der Waals surface area contributed by atoms with Gasteiger partial charge in [-0.05, 0) is 74.8 Å². The summed E-state index contributed by atoms with van der Waals surface area (Å²) in [7, 11) is 0. The molecule has 0 spiro atoms. The molecule has 2 atom stereocenters. The monoisotopic (exact) mass is 362 g/mol. The number of nitrogens with zero attached hydrogens (tertiary/aromatic N) is 1. The molecule has 27 heavy (non-hydrogen) atoms. The zero-order valence-electron chi connectivity index (χ0n) is 16.4. The minimum atomic E-state index is -0.451. The van der Waals surface area contributed by atoms with Crippen LogP contribution in [0.3, 0.4) is 0 Å². The van der Waals surface area contributed by atoms with Gasteiger partial charge in [-0.25, -0.2) is 0 Å². The summed E-state index contributed by atoms with van der Waals surface area (Å²) in [6.45, 7) is 4.98. The Morgan fingerprint density at radius 3 is 2.70 bits per heavy atom. The molecule has 3 N–H and O–H groups in total. The second-order valence-corrected chi connectivity index (χ2v) is 8.45. The Morgan fingerprint density at radius 2 is 1.96 bits per heavy atom. The fraction of sp³-hybridized carbons (Fsp3) is 0.417. The number of aryl methyl sites for hydroxylation is 2. The standard InChI is InChI=1S/C24H30N2O/c1-17(27)19-10-11-23-20(15-19)21-16-24(2,25)13-6-9-22(21)26(23)14-12-18-7-4-3-5-8-18/h3-5,7-8,10-11,15,17,27H,6,9,12-14,16,25H2,1-2H3. The van der Waals surface area contributed by atoms with Crippen LogP contribution in [-0.4, -0.2) is 15.2 Å². The van der Waals surface area contributed by atoms with E-state index in [-0.39, 0.29) is 5.54 Å². The summed E-state index contributed by atoms with van der Waals surface area (Å²) < 4.78 is 2.50. The van der Waals surface area contributed by atoms with E-state index in [2.05, 4.69) is 60.0 Å². The van der Waals surface area contributed by atoms with Crippen LogP contribution in [-0.2, 0) is 25.8 Å². The lowest BCUT2D eigenvalue weighted by Crippen LogP contribution is -2.37. The molecule has 2 aromatic carbocycles. The molecule has 3 heteroatoms. The first kappa shape index (κ1) is 18.3. The van der Waals surface area contributed by atoms with Crippen molar-refractivity contribution in [2.75, 3.05) is 0 Å². The Labute approximate surface area is 161 Å². The van der Waals surface area contributed by atoms with E-state index in [1.54, 1.807) is 0 Å². The van der Waals surface area contributed by atoms with Crippen molar-refractivity contribution in [1.82, 2.24) is 4.57 Å². The van der Waals surface area contributed by atoms with E-state index >= 15 is 0 Å². The molecular formula is C24H30N2O. The number of aromatic nitrogens is 1. The molecule has 1 aromatic heterocycles. The van der Waals surface area contributed by atoms with E-state index in [4.69, 9.17) is 5.73 Å². The van der Waals surface area contributed by atoms with Crippen LogP contribution in [0.4, 0.5) is 0 Å². The molecule has 4 rings (SSSR count). The van der Waals surface area contributed by atoms with E-state index in [1.165, 1.54) is 27.7 Å². The summed E-state index contributed by atoms with van der Waals surface area (Å²) in [5, 5.41) is 11.3. The maximum absolute atomic E-state index is 10.1. The number of aliphatic hydroxyl groups excluding tert-OH is 1. The fourth-order valence-corrected chi connectivity index (χ4v) is 4.53. The van der Waals surface area contributed by atoms with Gasteiger partial charge in [-0.15, -0.1) is 0 Å². The van der Waals surface area contributed by atoms with Crippen LogP contribution in [0.25, 0.3) is 10.9 Å². The molecule has 0 aliphatic heterocycles. The second kappa shape index (κ2) is 7.14. The van der Waals surface area contributed by atoms with E-state index in [0.717, 1.165) is 44.2 Å². The van der Waals surface area contributed by atoms with E-state index in [1.807, 2.05) is 6.92 Å². The molecule has 2 unspecified atom stereocenters. The SMILES string of the molecule is CC(O)c1ccc2c(c1)c1c(n2CCc2ccccc2)CCCC(C)(N)C1. The van der Waals surface area contributed by atoms with E-state index < -0.39 is 6.10 Å². The van der Waals surface area contributed by atoms with Gasteiger partial charge in [0.15, 0.2) is 0 Å². The highest BCUT2D eigenvalue weighted by molar-refractivity contribution is 5.86. The van der Waals surface area contributed by atoms with Crippen LogP contribution in [0, 0.1) is 0 Å². The third-order valence-corrected chi connectivity index (χ3v) is 6.00. The van der Waals surface area contributed by atoms with Crippen molar-refractivity contribution < 1.29 is 5.11 Å². The summed E-state index contributed by atoms with van der Waals surface area (Å²) in [4.78, 5) is 0. The van der Waals surface area contributed by atoms with Gasteiger partial charge < -0.3 is 15.4 Å². The lowest BCUT2D eigenvalue weighted by Gasteiger charge is -2.22. The van der Waals surface area contributed by atoms with Crippen LogP contribution in [0.15, 0.2) is 48.5 Å². The first-order chi connectivity index (χ1) is 12.9. The van der Waals surface area contributed by atoms with Gasteiger partial charge in [0.2, 0.25) is 0 Å². The van der Waals surface area contributed by atoms with Gasteiger partial charge in [-0.2, -0.15) is 0 Å². The Hall–Kier alpha value is -2.10. The number of aliphatic hydroxyl groups is 1. The third-order valence-electron chi connectivity index (χ3n) is 6.00. The zero-order chi connectivity index (χ0) is 19.0. The van der Waals surface area contributed by atoms with Gasteiger partial charge in [0.1, 0.15) is 0 Å². The zero-order valence-corrected chi connectivity index (χ0v) is 16.4. The Kier molecular flexibility index (Phi) is 4.83. The van der Waals surface area contributed by atoms with E-state index in [0.29, 0.717) is 0 Å². The highest BCUT2D eigenvalue weighted by atomic mass is 16.3. The van der Waals surface area contributed by atoms with Crippen LogP contribution in [0.1, 0.15) is 55.2 Å². The van der Waals surface area contributed by atoms with Crippen molar-refractivity contribution in [3.05, 3.63) is 70.9 Å². The second-order valence-electron chi connectivity index (χ2n) is 8.45. The molecule has 1 heterocycles. The molecule has 0 amide bonds. The summed E-state index contributed by atoms with van der Waals surface area (Å²) >= 11 is 0. The van der Waals surface area contributed by atoms with Crippen molar-refractivity contribution in [2.24, 2.45) is 5.73 Å². The highest BCUT2D eigenvalue weighted by Gasteiger charge is 2.28. The van der Waals surface area contributed by atoms with Gasteiger partial charge in [-0.1, -0.05) is 36.4 Å². The van der Waals surface area contributed by atoms with Crippen molar-refractivity contribution in [3.8, 4) is 0 Å². The Balaban J connectivity index is 1.81. The smallest absolute Gasteiger partial charge is 0.0762 e. The van der Waals surface area contributed by atoms with Crippen LogP contribution in [0.2, 0.25) is 0 Å². The maximum atomic E-state index is 10.1. The van der Waals surface area contributed by atoms with Gasteiger partial charge in [-0.3, -0.25) is 0 Å². The number of nitrogens with two attached hydrogens (primary N) is 1. The predicted molar refractivity (Wildman–Crippen MR) is 112 cm³/mol. The van der Waals surface area contributed by atoms with Gasteiger partial charge in [0.25, 0.3) is 0 Å². The lowest BCUT2D eigenvalue weighted by molar-refractivity contribution is 0.199. The summed E-state index contributed by atoms with van der Waals surface area (Å²) in [5.74, 6) is 0. The molecule has 0 fully saturated rings. The molecule has 3 aromatic rings. The molecular weight excluding hydrogens is 332 g/mol. The van der Waals surface area contributed by atoms with E-state index in [9.17, 15) is 5.11 Å². The molecule has 3 nitrogen and oxygen atoms in total. The average molecular weight is 363 g/mol.